The number of thioether (sulfide) groups is 2. The summed E-state index contributed by atoms with van der Waals surface area (Å²) in [5.41, 5.74) is 6.90. The zero-order chi connectivity index (χ0) is 15.9. The Morgan fingerprint density at radius 1 is 1.50 bits per heavy atom. The maximum absolute atomic E-state index is 11.9. The van der Waals surface area contributed by atoms with E-state index in [0.29, 0.717) is 16.0 Å². The Morgan fingerprint density at radius 2 is 2.23 bits per heavy atom. The third kappa shape index (κ3) is 2.58. The van der Waals surface area contributed by atoms with E-state index in [9.17, 15) is 14.7 Å². The van der Waals surface area contributed by atoms with Gasteiger partial charge in [-0.3, -0.25) is 9.69 Å². The second-order valence-electron chi connectivity index (χ2n) is 4.86. The number of nitrogens with two attached hydrogens (primary N) is 1. The van der Waals surface area contributed by atoms with Crippen LogP contribution in [0.4, 0.5) is 0 Å². The molecule has 1 saturated heterocycles. The monoisotopic (exact) mass is 400 g/mol. The van der Waals surface area contributed by atoms with Crippen molar-refractivity contribution < 1.29 is 14.7 Å². The molecule has 8 heteroatoms. The van der Waals surface area contributed by atoms with E-state index in [4.69, 9.17) is 5.73 Å². The van der Waals surface area contributed by atoms with Gasteiger partial charge in [0.05, 0.1) is 0 Å². The highest BCUT2D eigenvalue weighted by atomic mass is 79.9. The summed E-state index contributed by atoms with van der Waals surface area (Å²) in [4.78, 5) is 26.5. The van der Waals surface area contributed by atoms with Crippen LogP contribution >= 0.6 is 39.5 Å². The van der Waals surface area contributed by atoms with Crippen molar-refractivity contribution >= 4 is 51.3 Å². The Hall–Kier alpha value is -0.960. The minimum absolute atomic E-state index is 0.0739. The fourth-order valence-corrected chi connectivity index (χ4v) is 5.63. The lowest BCUT2D eigenvalue weighted by Gasteiger charge is -2.47. The molecule has 1 amide bonds. The van der Waals surface area contributed by atoms with Crippen LogP contribution in [0.3, 0.4) is 0 Å². The lowest BCUT2D eigenvalue weighted by atomic mass is 10.1. The quantitative estimate of drug-likeness (QED) is 0.595. The molecular weight excluding hydrogens is 388 g/mol. The topological polar surface area (TPSA) is 83.6 Å². The van der Waals surface area contributed by atoms with Crippen LogP contribution in [0.5, 0.6) is 0 Å². The van der Waals surface area contributed by atoms with Crippen LogP contribution in [0, 0.1) is 0 Å². The number of carboxylic acid groups (broad SMARTS) is 1. The molecule has 2 heterocycles. The van der Waals surface area contributed by atoms with Crippen LogP contribution in [-0.2, 0) is 14.9 Å². The first-order valence-corrected chi connectivity index (χ1v) is 9.51. The molecule has 0 saturated carbocycles. The largest absolute Gasteiger partial charge is 0.477 e. The normalized spacial score (nSPS) is 24.1. The van der Waals surface area contributed by atoms with Crippen molar-refractivity contribution in [1.29, 1.82) is 0 Å². The zero-order valence-electron chi connectivity index (χ0n) is 11.4. The van der Waals surface area contributed by atoms with Gasteiger partial charge in [-0.15, -0.1) is 11.8 Å². The second-order valence-corrected chi connectivity index (χ2v) is 7.66. The molecule has 22 heavy (non-hydrogen) atoms. The van der Waals surface area contributed by atoms with Crippen LogP contribution in [0.1, 0.15) is 5.56 Å². The number of rotatable bonds is 4. The standard InChI is InChI=1S/C14H13BrN2O3S2/c15-5-7-3-1-2-4-8(7)22-9-6-21-13-10(16)12(18)17(13)11(9)14(19)20/h1-4,10,13H,5-6,16H2,(H,19,20)/t10-,13-/m1/s1. The molecular formula is C14H13BrN2O3S2. The van der Waals surface area contributed by atoms with Gasteiger partial charge in [-0.2, -0.15) is 0 Å². The highest BCUT2D eigenvalue weighted by molar-refractivity contribution is 9.08. The van der Waals surface area contributed by atoms with E-state index in [1.807, 2.05) is 24.3 Å². The minimum atomic E-state index is -1.08. The Balaban J connectivity index is 1.97. The van der Waals surface area contributed by atoms with Gasteiger partial charge in [0, 0.05) is 20.9 Å². The molecule has 0 aliphatic carbocycles. The number of carbonyl (C=O) groups excluding carboxylic acids is 1. The molecule has 2 atom stereocenters. The molecule has 3 rings (SSSR count). The maximum Gasteiger partial charge on any atom is 0.353 e. The average molecular weight is 401 g/mol. The van der Waals surface area contributed by atoms with E-state index < -0.39 is 12.0 Å². The molecule has 116 valence electrons. The van der Waals surface area contributed by atoms with Gasteiger partial charge in [0.1, 0.15) is 17.1 Å². The molecule has 3 N–H and O–H groups in total. The van der Waals surface area contributed by atoms with Crippen molar-refractivity contribution in [2.75, 3.05) is 5.75 Å². The highest BCUT2D eigenvalue weighted by Gasteiger charge is 2.51. The predicted molar refractivity (Wildman–Crippen MR) is 90.7 cm³/mol. The van der Waals surface area contributed by atoms with Crippen LogP contribution in [0.2, 0.25) is 0 Å². The van der Waals surface area contributed by atoms with Gasteiger partial charge >= 0.3 is 5.97 Å². The van der Waals surface area contributed by atoms with Crippen LogP contribution in [-0.4, -0.2) is 39.1 Å². The van der Waals surface area contributed by atoms with Crippen LogP contribution in [0.25, 0.3) is 0 Å². The number of nitrogens with zero attached hydrogens (tertiary/aromatic N) is 1. The molecule has 0 unspecified atom stereocenters. The minimum Gasteiger partial charge on any atom is -0.477 e. The van der Waals surface area contributed by atoms with Gasteiger partial charge in [-0.25, -0.2) is 4.79 Å². The molecule has 2 aliphatic heterocycles. The smallest absolute Gasteiger partial charge is 0.353 e. The third-order valence-electron chi connectivity index (χ3n) is 3.53. The van der Waals surface area contributed by atoms with E-state index in [2.05, 4.69) is 15.9 Å². The van der Waals surface area contributed by atoms with Crippen molar-refractivity contribution in [1.82, 2.24) is 4.90 Å². The van der Waals surface area contributed by atoms with Gasteiger partial charge in [0.15, 0.2) is 0 Å². The first-order valence-electron chi connectivity index (χ1n) is 6.53. The predicted octanol–water partition coefficient (Wildman–Crippen LogP) is 2.21. The Kier molecular flexibility index (Phi) is 4.54. The van der Waals surface area contributed by atoms with Crippen molar-refractivity contribution in [2.24, 2.45) is 5.73 Å². The summed E-state index contributed by atoms with van der Waals surface area (Å²) in [5, 5.41) is 9.95. The van der Waals surface area contributed by atoms with Crippen molar-refractivity contribution in [3.8, 4) is 0 Å². The maximum atomic E-state index is 11.9. The molecule has 1 fully saturated rings. The number of amides is 1. The molecule has 1 aromatic carbocycles. The molecule has 1 aromatic rings. The Bertz CT molecular complexity index is 680. The van der Waals surface area contributed by atoms with E-state index in [1.165, 1.54) is 28.4 Å². The van der Waals surface area contributed by atoms with Crippen molar-refractivity contribution in [3.05, 3.63) is 40.4 Å². The highest BCUT2D eigenvalue weighted by Crippen LogP contribution is 2.45. The summed E-state index contributed by atoms with van der Waals surface area (Å²) in [6.07, 6.45) is 0. The van der Waals surface area contributed by atoms with Gasteiger partial charge in [-0.05, 0) is 11.6 Å². The average Bonchev–Trinajstić information content (AvgIpc) is 2.53. The van der Waals surface area contributed by atoms with Crippen LogP contribution in [0.15, 0.2) is 39.8 Å². The molecule has 0 spiro atoms. The fourth-order valence-electron chi connectivity index (χ4n) is 2.41. The molecule has 0 aromatic heterocycles. The van der Waals surface area contributed by atoms with E-state index in [0.717, 1.165) is 10.5 Å². The molecule has 2 aliphatic rings. The molecule has 0 radical (unpaired) electrons. The number of hydrogen-bond acceptors (Lipinski definition) is 5. The number of carboxylic acids is 1. The Morgan fingerprint density at radius 3 is 2.91 bits per heavy atom. The number of benzene rings is 1. The SMILES string of the molecule is N[C@@H]1C(=O)N2C(C(=O)O)=C(Sc3ccccc3CBr)CS[C@H]12. The van der Waals surface area contributed by atoms with Crippen molar-refractivity contribution in [2.45, 2.75) is 21.6 Å². The lowest BCUT2D eigenvalue weighted by Crippen LogP contribution is -2.68. The lowest BCUT2D eigenvalue weighted by molar-refractivity contribution is -0.147. The number of fused-ring (bicyclic) bond motifs is 1. The van der Waals surface area contributed by atoms with Crippen LogP contribution < -0.4 is 5.73 Å². The number of halogens is 1. The van der Waals surface area contributed by atoms with Gasteiger partial charge in [0.25, 0.3) is 0 Å². The number of aliphatic carboxylic acids is 1. The van der Waals surface area contributed by atoms with E-state index in [-0.39, 0.29) is 17.0 Å². The summed E-state index contributed by atoms with van der Waals surface area (Å²) in [6.45, 7) is 0. The fraction of sp³-hybridized carbons (Fsp3) is 0.286. The number of hydrogen-bond donors (Lipinski definition) is 2. The van der Waals surface area contributed by atoms with E-state index in [1.54, 1.807) is 0 Å². The molecule has 5 nitrogen and oxygen atoms in total. The summed E-state index contributed by atoms with van der Waals surface area (Å²) < 4.78 is 0. The van der Waals surface area contributed by atoms with E-state index >= 15 is 0 Å². The number of carbonyl (C=O) groups is 2. The first kappa shape index (κ1) is 15.9. The van der Waals surface area contributed by atoms with Gasteiger partial charge < -0.3 is 10.8 Å². The van der Waals surface area contributed by atoms with Gasteiger partial charge in [0.2, 0.25) is 5.91 Å². The zero-order valence-corrected chi connectivity index (χ0v) is 14.6. The summed E-state index contributed by atoms with van der Waals surface area (Å²) in [5.74, 6) is -0.851. The van der Waals surface area contributed by atoms with Crippen molar-refractivity contribution in [3.63, 3.8) is 0 Å². The summed E-state index contributed by atoms with van der Waals surface area (Å²) in [6, 6.07) is 7.20. The number of alkyl halides is 1. The summed E-state index contributed by atoms with van der Waals surface area (Å²) >= 11 is 6.36. The third-order valence-corrected chi connectivity index (χ3v) is 6.82. The number of β-lactam (4-membered cyclic amide) rings is 1. The summed E-state index contributed by atoms with van der Waals surface area (Å²) in [7, 11) is 0. The molecule has 0 bridgehead atoms. The Labute approximate surface area is 144 Å². The first-order chi connectivity index (χ1) is 10.5. The second kappa shape index (κ2) is 6.27. The van der Waals surface area contributed by atoms with Gasteiger partial charge in [-0.1, -0.05) is 45.9 Å².